The van der Waals surface area contributed by atoms with E-state index >= 15 is 0 Å². The third kappa shape index (κ3) is 5.87. The van der Waals surface area contributed by atoms with Crippen LogP contribution in [0.25, 0.3) is 16.7 Å². The minimum Gasteiger partial charge on any atom is -0.497 e. The van der Waals surface area contributed by atoms with Gasteiger partial charge < -0.3 is 19.5 Å². The first-order chi connectivity index (χ1) is 18.2. The Hall–Kier alpha value is -4.85. The van der Waals surface area contributed by atoms with Crippen molar-refractivity contribution in [2.24, 2.45) is 0 Å². The lowest BCUT2D eigenvalue weighted by Crippen LogP contribution is -2.22. The molecule has 5 rings (SSSR count). The third-order valence-corrected chi connectivity index (χ3v) is 5.76. The van der Waals surface area contributed by atoms with Crippen molar-refractivity contribution in [2.75, 3.05) is 20.3 Å². The van der Waals surface area contributed by atoms with E-state index in [0.29, 0.717) is 25.3 Å². The Kier molecular flexibility index (Phi) is 7.26. The van der Waals surface area contributed by atoms with E-state index in [1.165, 1.54) is 0 Å². The first-order valence-electron chi connectivity index (χ1n) is 11.8. The SMILES string of the molecule is COc1cccc(OCCOc2ccc(-n3cnc4cc(C(=O)NCc5cccnc5)ccc43)cc2)c1. The predicted molar refractivity (Wildman–Crippen MR) is 140 cm³/mol. The highest BCUT2D eigenvalue weighted by Gasteiger charge is 2.10. The molecule has 0 aliphatic heterocycles. The molecule has 37 heavy (non-hydrogen) atoms. The summed E-state index contributed by atoms with van der Waals surface area (Å²) in [5, 5.41) is 2.92. The van der Waals surface area contributed by atoms with Crippen LogP contribution in [-0.2, 0) is 6.54 Å². The first kappa shape index (κ1) is 23.9. The van der Waals surface area contributed by atoms with Gasteiger partial charge in [-0.15, -0.1) is 0 Å². The average molecular weight is 495 g/mol. The van der Waals surface area contributed by atoms with Gasteiger partial charge in [0.25, 0.3) is 5.91 Å². The predicted octanol–water partition coefficient (Wildman–Crippen LogP) is 4.82. The van der Waals surface area contributed by atoms with Crippen LogP contribution in [0.1, 0.15) is 15.9 Å². The first-order valence-corrected chi connectivity index (χ1v) is 11.8. The van der Waals surface area contributed by atoms with Gasteiger partial charge in [-0.25, -0.2) is 4.98 Å². The fourth-order valence-electron chi connectivity index (χ4n) is 3.86. The summed E-state index contributed by atoms with van der Waals surface area (Å²) >= 11 is 0. The highest BCUT2D eigenvalue weighted by Crippen LogP contribution is 2.22. The van der Waals surface area contributed by atoms with Gasteiger partial charge in [-0.05, 0) is 66.2 Å². The molecule has 0 atom stereocenters. The Morgan fingerprint density at radius 1 is 0.892 bits per heavy atom. The van der Waals surface area contributed by atoms with E-state index in [-0.39, 0.29) is 5.91 Å². The van der Waals surface area contributed by atoms with Gasteiger partial charge in [0, 0.05) is 36.3 Å². The molecule has 2 heterocycles. The van der Waals surface area contributed by atoms with Crippen LogP contribution >= 0.6 is 0 Å². The minimum absolute atomic E-state index is 0.155. The van der Waals surface area contributed by atoms with E-state index in [0.717, 1.165) is 39.5 Å². The van der Waals surface area contributed by atoms with Crippen LogP contribution in [0.3, 0.4) is 0 Å². The lowest BCUT2D eigenvalue weighted by molar-refractivity contribution is 0.0951. The molecule has 8 nitrogen and oxygen atoms in total. The van der Waals surface area contributed by atoms with E-state index < -0.39 is 0 Å². The molecular weight excluding hydrogens is 468 g/mol. The second-order valence-corrected chi connectivity index (χ2v) is 8.23. The third-order valence-electron chi connectivity index (χ3n) is 5.76. The number of ether oxygens (including phenoxy) is 3. The fourth-order valence-corrected chi connectivity index (χ4v) is 3.86. The number of pyridine rings is 1. The molecule has 0 spiro atoms. The highest BCUT2D eigenvalue weighted by atomic mass is 16.5. The summed E-state index contributed by atoms with van der Waals surface area (Å²) in [4.78, 5) is 21.2. The van der Waals surface area contributed by atoms with Crippen molar-refractivity contribution in [1.29, 1.82) is 0 Å². The maximum Gasteiger partial charge on any atom is 0.251 e. The fraction of sp³-hybridized carbons (Fsp3) is 0.138. The normalized spacial score (nSPS) is 10.7. The summed E-state index contributed by atoms with van der Waals surface area (Å²) in [6, 6.07) is 24.5. The quantitative estimate of drug-likeness (QED) is 0.280. The molecular formula is C29H26N4O4. The second kappa shape index (κ2) is 11.3. The van der Waals surface area contributed by atoms with E-state index in [1.54, 1.807) is 38.0 Å². The molecule has 0 radical (unpaired) electrons. The molecule has 0 aliphatic rings. The van der Waals surface area contributed by atoms with Gasteiger partial charge in [0.05, 0.1) is 18.1 Å². The van der Waals surface area contributed by atoms with E-state index in [4.69, 9.17) is 14.2 Å². The number of nitrogens with zero attached hydrogens (tertiary/aromatic N) is 3. The van der Waals surface area contributed by atoms with Crippen molar-refractivity contribution in [1.82, 2.24) is 19.9 Å². The van der Waals surface area contributed by atoms with E-state index in [9.17, 15) is 4.79 Å². The molecule has 0 unspecified atom stereocenters. The number of hydrogen-bond acceptors (Lipinski definition) is 6. The molecule has 1 N–H and O–H groups in total. The van der Waals surface area contributed by atoms with Crippen LogP contribution in [0.2, 0.25) is 0 Å². The lowest BCUT2D eigenvalue weighted by atomic mass is 10.1. The van der Waals surface area contributed by atoms with Crippen LogP contribution in [0.15, 0.2) is 97.6 Å². The van der Waals surface area contributed by atoms with Crippen molar-refractivity contribution < 1.29 is 19.0 Å². The Balaban J connectivity index is 1.18. The zero-order chi connectivity index (χ0) is 25.5. The number of carbonyl (C=O) groups is 1. The van der Waals surface area contributed by atoms with Gasteiger partial charge >= 0.3 is 0 Å². The number of nitrogens with one attached hydrogen (secondary N) is 1. The van der Waals surface area contributed by atoms with Crippen molar-refractivity contribution in [3.8, 4) is 22.9 Å². The molecule has 0 saturated heterocycles. The maximum atomic E-state index is 12.6. The van der Waals surface area contributed by atoms with Gasteiger partial charge in [0.2, 0.25) is 0 Å². The number of rotatable bonds is 10. The Morgan fingerprint density at radius 2 is 1.70 bits per heavy atom. The summed E-state index contributed by atoms with van der Waals surface area (Å²) in [5.41, 5.74) is 4.09. The van der Waals surface area contributed by atoms with E-state index in [1.807, 2.05) is 71.3 Å². The van der Waals surface area contributed by atoms with Crippen molar-refractivity contribution in [3.05, 3.63) is 109 Å². The van der Waals surface area contributed by atoms with Gasteiger partial charge in [-0.1, -0.05) is 12.1 Å². The molecule has 3 aromatic carbocycles. The zero-order valence-electron chi connectivity index (χ0n) is 20.3. The molecule has 2 aromatic heterocycles. The number of imidazole rings is 1. The van der Waals surface area contributed by atoms with Crippen LogP contribution < -0.4 is 19.5 Å². The summed E-state index contributed by atoms with van der Waals surface area (Å²) in [7, 11) is 1.63. The van der Waals surface area contributed by atoms with Crippen molar-refractivity contribution in [2.45, 2.75) is 6.54 Å². The van der Waals surface area contributed by atoms with Crippen LogP contribution in [0, 0.1) is 0 Å². The summed E-state index contributed by atoms with van der Waals surface area (Å²) in [6.07, 6.45) is 5.19. The Labute approximate surface area is 214 Å². The number of methoxy groups -OCH3 is 1. The molecule has 0 saturated carbocycles. The number of aromatic nitrogens is 3. The summed E-state index contributed by atoms with van der Waals surface area (Å²) in [6.45, 7) is 1.25. The van der Waals surface area contributed by atoms with E-state index in [2.05, 4.69) is 15.3 Å². The molecule has 1 amide bonds. The monoisotopic (exact) mass is 494 g/mol. The maximum absolute atomic E-state index is 12.6. The van der Waals surface area contributed by atoms with Crippen LogP contribution in [0.4, 0.5) is 0 Å². The standard InChI is InChI=1S/C29H26N4O4/c1-35-25-5-2-6-26(17-25)37-15-14-36-24-10-8-23(9-11-24)33-20-32-27-16-22(7-12-28(27)33)29(34)31-19-21-4-3-13-30-18-21/h2-13,16-18,20H,14-15,19H2,1H3,(H,31,34). The number of benzene rings is 3. The molecule has 0 bridgehead atoms. The zero-order valence-corrected chi connectivity index (χ0v) is 20.3. The number of fused-ring (bicyclic) bond motifs is 1. The summed E-state index contributed by atoms with van der Waals surface area (Å²) < 4.78 is 18.7. The smallest absolute Gasteiger partial charge is 0.251 e. The number of amides is 1. The number of carbonyl (C=O) groups excluding carboxylic acids is 1. The van der Waals surface area contributed by atoms with Gasteiger partial charge in [-0.3, -0.25) is 14.3 Å². The molecule has 8 heteroatoms. The van der Waals surface area contributed by atoms with Crippen molar-refractivity contribution in [3.63, 3.8) is 0 Å². The average Bonchev–Trinajstić information content (AvgIpc) is 3.38. The molecule has 186 valence electrons. The number of hydrogen-bond donors (Lipinski definition) is 1. The summed E-state index contributed by atoms with van der Waals surface area (Å²) in [5.74, 6) is 2.08. The highest BCUT2D eigenvalue weighted by molar-refractivity contribution is 5.97. The lowest BCUT2D eigenvalue weighted by Gasteiger charge is -2.10. The minimum atomic E-state index is -0.155. The van der Waals surface area contributed by atoms with Crippen molar-refractivity contribution >= 4 is 16.9 Å². The largest absolute Gasteiger partial charge is 0.497 e. The van der Waals surface area contributed by atoms with Crippen LogP contribution in [-0.4, -0.2) is 40.8 Å². The second-order valence-electron chi connectivity index (χ2n) is 8.23. The topological polar surface area (TPSA) is 87.5 Å². The van der Waals surface area contributed by atoms with Gasteiger partial charge in [0.15, 0.2) is 0 Å². The Morgan fingerprint density at radius 3 is 2.49 bits per heavy atom. The Bertz CT molecular complexity index is 1480. The molecule has 0 fully saturated rings. The van der Waals surface area contributed by atoms with Gasteiger partial charge in [-0.2, -0.15) is 0 Å². The van der Waals surface area contributed by atoms with Gasteiger partial charge in [0.1, 0.15) is 36.8 Å². The molecule has 0 aliphatic carbocycles. The molecule has 5 aromatic rings. The van der Waals surface area contributed by atoms with Crippen LogP contribution in [0.5, 0.6) is 17.2 Å².